The standard InChI is InChI=1S/C12H14N4O/c1-9-6-14-12(15-7-9)16-8-11(17)10-2-4-13-5-3-10/h2-7,11,17H,8H2,1H3,(H,14,15,16). The minimum Gasteiger partial charge on any atom is -0.387 e. The SMILES string of the molecule is Cc1cnc(NCC(O)c2ccncc2)nc1. The van der Waals surface area contributed by atoms with Gasteiger partial charge in [-0.05, 0) is 30.2 Å². The molecule has 5 heteroatoms. The van der Waals surface area contributed by atoms with Crippen LogP contribution in [0.15, 0.2) is 36.9 Å². The number of aromatic nitrogens is 3. The molecule has 2 aromatic rings. The van der Waals surface area contributed by atoms with Crippen LogP contribution in [-0.4, -0.2) is 26.6 Å². The molecule has 2 aromatic heterocycles. The first kappa shape index (κ1) is 11.5. The molecule has 0 fully saturated rings. The van der Waals surface area contributed by atoms with Gasteiger partial charge in [0.2, 0.25) is 5.95 Å². The van der Waals surface area contributed by atoms with Gasteiger partial charge in [-0.3, -0.25) is 4.98 Å². The van der Waals surface area contributed by atoms with Crippen molar-refractivity contribution in [3.8, 4) is 0 Å². The minimum absolute atomic E-state index is 0.368. The van der Waals surface area contributed by atoms with Crippen molar-refractivity contribution in [3.05, 3.63) is 48.0 Å². The van der Waals surface area contributed by atoms with Gasteiger partial charge in [0.15, 0.2) is 0 Å². The number of pyridine rings is 1. The zero-order valence-corrected chi connectivity index (χ0v) is 9.54. The molecule has 0 spiro atoms. The predicted molar refractivity (Wildman–Crippen MR) is 64.5 cm³/mol. The number of nitrogens with one attached hydrogen (secondary N) is 1. The molecular weight excluding hydrogens is 216 g/mol. The van der Waals surface area contributed by atoms with Crippen LogP contribution in [-0.2, 0) is 0 Å². The lowest BCUT2D eigenvalue weighted by molar-refractivity contribution is 0.191. The molecule has 88 valence electrons. The van der Waals surface area contributed by atoms with Gasteiger partial charge in [0, 0.05) is 31.3 Å². The summed E-state index contributed by atoms with van der Waals surface area (Å²) in [5.74, 6) is 0.517. The molecule has 2 N–H and O–H groups in total. The Kier molecular flexibility index (Phi) is 3.62. The van der Waals surface area contributed by atoms with Crippen molar-refractivity contribution in [3.63, 3.8) is 0 Å². The first-order valence-electron chi connectivity index (χ1n) is 5.36. The number of nitrogens with zero attached hydrogens (tertiary/aromatic N) is 3. The zero-order chi connectivity index (χ0) is 12.1. The summed E-state index contributed by atoms with van der Waals surface area (Å²) in [6.45, 7) is 2.29. The highest BCUT2D eigenvalue weighted by Crippen LogP contribution is 2.11. The molecular formula is C12H14N4O. The maximum atomic E-state index is 9.89. The van der Waals surface area contributed by atoms with E-state index in [1.165, 1.54) is 0 Å². The molecule has 0 aromatic carbocycles. The fraction of sp³-hybridized carbons (Fsp3) is 0.250. The lowest BCUT2D eigenvalue weighted by atomic mass is 10.1. The predicted octanol–water partition coefficient (Wildman–Crippen LogP) is 1.33. The molecule has 0 aliphatic rings. The molecule has 0 bridgehead atoms. The van der Waals surface area contributed by atoms with Gasteiger partial charge in [-0.15, -0.1) is 0 Å². The van der Waals surface area contributed by atoms with Crippen molar-refractivity contribution in [1.82, 2.24) is 15.0 Å². The number of hydrogen-bond acceptors (Lipinski definition) is 5. The molecule has 0 saturated carbocycles. The van der Waals surface area contributed by atoms with Gasteiger partial charge in [-0.1, -0.05) is 0 Å². The Morgan fingerprint density at radius 3 is 2.53 bits per heavy atom. The van der Waals surface area contributed by atoms with Crippen LogP contribution < -0.4 is 5.32 Å². The number of aryl methyl sites for hydroxylation is 1. The average molecular weight is 230 g/mol. The highest BCUT2D eigenvalue weighted by atomic mass is 16.3. The van der Waals surface area contributed by atoms with Gasteiger partial charge in [0.05, 0.1) is 6.10 Å². The number of aliphatic hydroxyl groups is 1. The first-order valence-corrected chi connectivity index (χ1v) is 5.36. The van der Waals surface area contributed by atoms with Crippen LogP contribution in [0.4, 0.5) is 5.95 Å². The summed E-state index contributed by atoms with van der Waals surface area (Å²) in [6.07, 6.45) is 6.17. The van der Waals surface area contributed by atoms with Crippen molar-refractivity contribution < 1.29 is 5.11 Å². The first-order chi connectivity index (χ1) is 8.25. The molecule has 1 atom stereocenters. The van der Waals surface area contributed by atoms with Gasteiger partial charge in [-0.25, -0.2) is 9.97 Å². The second-order valence-electron chi connectivity index (χ2n) is 3.76. The molecule has 0 aliphatic carbocycles. The fourth-order valence-electron chi connectivity index (χ4n) is 1.38. The van der Waals surface area contributed by atoms with Crippen LogP contribution in [0.3, 0.4) is 0 Å². The smallest absolute Gasteiger partial charge is 0.222 e. The van der Waals surface area contributed by atoms with E-state index in [2.05, 4.69) is 20.3 Å². The van der Waals surface area contributed by atoms with Crippen molar-refractivity contribution in [1.29, 1.82) is 0 Å². The van der Waals surface area contributed by atoms with Crippen LogP contribution >= 0.6 is 0 Å². The summed E-state index contributed by atoms with van der Waals surface area (Å²) in [4.78, 5) is 12.1. The molecule has 0 radical (unpaired) electrons. The van der Waals surface area contributed by atoms with Crippen LogP contribution in [0.25, 0.3) is 0 Å². The summed E-state index contributed by atoms with van der Waals surface area (Å²) in [5, 5.41) is 12.9. The third-order valence-electron chi connectivity index (χ3n) is 2.33. The van der Waals surface area contributed by atoms with Crippen LogP contribution in [0.1, 0.15) is 17.2 Å². The third kappa shape index (κ3) is 3.22. The van der Waals surface area contributed by atoms with E-state index in [0.29, 0.717) is 12.5 Å². The largest absolute Gasteiger partial charge is 0.387 e. The van der Waals surface area contributed by atoms with Crippen LogP contribution in [0.2, 0.25) is 0 Å². The maximum absolute atomic E-state index is 9.89. The summed E-state index contributed by atoms with van der Waals surface area (Å²) >= 11 is 0. The molecule has 2 rings (SSSR count). The number of rotatable bonds is 4. The minimum atomic E-state index is -0.595. The summed E-state index contributed by atoms with van der Waals surface area (Å²) < 4.78 is 0. The molecule has 2 heterocycles. The van der Waals surface area contributed by atoms with Crippen LogP contribution in [0.5, 0.6) is 0 Å². The topological polar surface area (TPSA) is 70.9 Å². The van der Waals surface area contributed by atoms with E-state index in [4.69, 9.17) is 0 Å². The molecule has 0 amide bonds. The molecule has 17 heavy (non-hydrogen) atoms. The van der Waals surface area contributed by atoms with Gasteiger partial charge in [0.1, 0.15) is 0 Å². The summed E-state index contributed by atoms with van der Waals surface area (Å²) in [7, 11) is 0. The number of anilines is 1. The lowest BCUT2D eigenvalue weighted by Crippen LogP contribution is -2.13. The van der Waals surface area contributed by atoms with E-state index < -0.39 is 6.10 Å². The van der Waals surface area contributed by atoms with Crippen molar-refractivity contribution in [2.24, 2.45) is 0 Å². The Morgan fingerprint density at radius 2 is 1.88 bits per heavy atom. The maximum Gasteiger partial charge on any atom is 0.222 e. The highest BCUT2D eigenvalue weighted by molar-refractivity contribution is 5.26. The second-order valence-corrected chi connectivity index (χ2v) is 3.76. The van der Waals surface area contributed by atoms with E-state index in [1.54, 1.807) is 36.9 Å². The monoisotopic (exact) mass is 230 g/mol. The van der Waals surface area contributed by atoms with Gasteiger partial charge >= 0.3 is 0 Å². The van der Waals surface area contributed by atoms with Crippen molar-refractivity contribution >= 4 is 5.95 Å². The van der Waals surface area contributed by atoms with E-state index in [1.807, 2.05) is 6.92 Å². The Morgan fingerprint density at radius 1 is 1.24 bits per heavy atom. The third-order valence-corrected chi connectivity index (χ3v) is 2.33. The van der Waals surface area contributed by atoms with Gasteiger partial charge in [-0.2, -0.15) is 0 Å². The van der Waals surface area contributed by atoms with E-state index in [9.17, 15) is 5.11 Å². The second kappa shape index (κ2) is 5.36. The normalized spacial score (nSPS) is 12.1. The van der Waals surface area contributed by atoms with Gasteiger partial charge < -0.3 is 10.4 Å². The Labute approximate surface area is 99.6 Å². The summed E-state index contributed by atoms with van der Waals surface area (Å²) in [5.41, 5.74) is 1.82. The Hall–Kier alpha value is -2.01. The van der Waals surface area contributed by atoms with E-state index >= 15 is 0 Å². The van der Waals surface area contributed by atoms with Crippen LogP contribution in [0, 0.1) is 6.92 Å². The van der Waals surface area contributed by atoms with E-state index in [-0.39, 0.29) is 0 Å². The fourth-order valence-corrected chi connectivity index (χ4v) is 1.38. The number of aliphatic hydroxyl groups excluding tert-OH is 1. The quantitative estimate of drug-likeness (QED) is 0.829. The number of hydrogen-bond donors (Lipinski definition) is 2. The van der Waals surface area contributed by atoms with Gasteiger partial charge in [0.25, 0.3) is 0 Å². The molecule has 0 aliphatic heterocycles. The molecule has 5 nitrogen and oxygen atoms in total. The molecule has 1 unspecified atom stereocenters. The van der Waals surface area contributed by atoms with E-state index in [0.717, 1.165) is 11.1 Å². The Bertz CT molecular complexity index is 458. The average Bonchev–Trinajstić information content (AvgIpc) is 2.39. The zero-order valence-electron chi connectivity index (χ0n) is 9.54. The lowest BCUT2D eigenvalue weighted by Gasteiger charge is -2.11. The molecule has 0 saturated heterocycles. The van der Waals surface area contributed by atoms with Crippen molar-refractivity contribution in [2.45, 2.75) is 13.0 Å². The summed E-state index contributed by atoms with van der Waals surface area (Å²) in [6, 6.07) is 3.56. The van der Waals surface area contributed by atoms with Crippen molar-refractivity contribution in [2.75, 3.05) is 11.9 Å². The Balaban J connectivity index is 1.92. The highest BCUT2D eigenvalue weighted by Gasteiger charge is 2.07.